The van der Waals surface area contributed by atoms with Crippen LogP contribution in [0.15, 0.2) is 12.3 Å². The minimum Gasteiger partial charge on any atom is -0.292 e. The van der Waals surface area contributed by atoms with Crippen molar-refractivity contribution in [2.45, 2.75) is 44.3 Å². The van der Waals surface area contributed by atoms with Gasteiger partial charge in [-0.15, -0.1) is 0 Å². The van der Waals surface area contributed by atoms with E-state index in [0.29, 0.717) is 19.3 Å². The highest BCUT2D eigenvalue weighted by Crippen LogP contribution is 2.34. The van der Waals surface area contributed by atoms with Gasteiger partial charge in [-0.2, -0.15) is 13.2 Å². The minimum atomic E-state index is -4.71. The van der Waals surface area contributed by atoms with Gasteiger partial charge in [-0.1, -0.05) is 29.6 Å². The first-order chi connectivity index (χ1) is 13.3. The number of nitrogens with one attached hydrogen (secondary N) is 1. The Hall–Kier alpha value is -1.59. The number of carbonyl (C=O) groups is 1. The fraction of sp³-hybridized carbons (Fsp3) is 0.529. The van der Waals surface area contributed by atoms with E-state index >= 15 is 0 Å². The first-order valence-corrected chi connectivity index (χ1v) is 11.2. The number of nitrogens with zero attached hydrogens (tertiary/aromatic N) is 2. The van der Waals surface area contributed by atoms with Crippen LogP contribution in [-0.2, 0) is 16.2 Å². The molecule has 2 aromatic heterocycles. The minimum absolute atomic E-state index is 0.0162. The van der Waals surface area contributed by atoms with Gasteiger partial charge < -0.3 is 0 Å². The molecule has 1 saturated carbocycles. The number of rotatable bonds is 5. The van der Waals surface area contributed by atoms with E-state index in [2.05, 4.69) is 9.71 Å². The highest BCUT2D eigenvalue weighted by molar-refractivity contribution is 7.88. The van der Waals surface area contributed by atoms with Gasteiger partial charge in [-0.25, -0.2) is 18.1 Å². The van der Waals surface area contributed by atoms with Crippen LogP contribution in [0, 0.1) is 5.92 Å². The van der Waals surface area contributed by atoms with E-state index in [9.17, 15) is 26.4 Å². The largest absolute Gasteiger partial charge is 0.419 e. The van der Waals surface area contributed by atoms with Gasteiger partial charge in [0.15, 0.2) is 11.4 Å². The maximum absolute atomic E-state index is 13.3. The molecule has 12 heteroatoms. The quantitative estimate of drug-likeness (QED) is 0.564. The standard InChI is InChI=1S/C17H18BClF3N3O3S/c1-29(27,28)24-11-4-2-3-9(5-11)6-13(26)14-15(19)25-8-10(18)7-12(16(25)23-14)17(20,21)22/h7-9,11,24H,2-6H2,1H3. The number of alkyl halides is 3. The highest BCUT2D eigenvalue weighted by atomic mass is 35.5. The molecular weight excluding hydrogens is 430 g/mol. The first-order valence-electron chi connectivity index (χ1n) is 8.90. The molecule has 1 N–H and O–H groups in total. The molecule has 2 unspecified atom stereocenters. The maximum Gasteiger partial charge on any atom is 0.419 e. The third kappa shape index (κ3) is 5.13. The zero-order valence-electron chi connectivity index (χ0n) is 15.5. The number of Topliss-reactive ketones (excluding diaryl/α,β-unsaturated/α-hetero) is 1. The van der Waals surface area contributed by atoms with Crippen LogP contribution in [0.2, 0.25) is 5.15 Å². The number of ketones is 1. The van der Waals surface area contributed by atoms with Gasteiger partial charge in [0.25, 0.3) is 0 Å². The summed E-state index contributed by atoms with van der Waals surface area (Å²) in [6.45, 7) is 0. The molecule has 0 aromatic carbocycles. The van der Waals surface area contributed by atoms with Crippen LogP contribution in [0.1, 0.15) is 48.2 Å². The van der Waals surface area contributed by atoms with E-state index in [1.165, 1.54) is 6.20 Å². The topological polar surface area (TPSA) is 80.5 Å². The lowest BCUT2D eigenvalue weighted by atomic mass is 9.83. The Kier molecular flexibility index (Phi) is 6.04. The summed E-state index contributed by atoms with van der Waals surface area (Å²) in [5.74, 6) is -0.612. The normalized spacial score (nSPS) is 20.9. The van der Waals surface area contributed by atoms with Gasteiger partial charge in [0.2, 0.25) is 10.0 Å². The zero-order valence-corrected chi connectivity index (χ0v) is 17.0. The number of sulfonamides is 1. The number of hydrogen-bond acceptors (Lipinski definition) is 4. The van der Waals surface area contributed by atoms with Crippen molar-refractivity contribution in [2.75, 3.05) is 6.26 Å². The fourth-order valence-corrected chi connectivity index (χ4v) is 4.87. The molecule has 6 nitrogen and oxygen atoms in total. The van der Waals surface area contributed by atoms with Crippen molar-refractivity contribution in [1.82, 2.24) is 14.1 Å². The van der Waals surface area contributed by atoms with E-state index in [4.69, 9.17) is 19.4 Å². The summed E-state index contributed by atoms with van der Waals surface area (Å²) in [4.78, 5) is 16.6. The Balaban J connectivity index is 1.85. The van der Waals surface area contributed by atoms with Crippen molar-refractivity contribution in [2.24, 2.45) is 5.92 Å². The van der Waals surface area contributed by atoms with Crippen molar-refractivity contribution < 1.29 is 26.4 Å². The van der Waals surface area contributed by atoms with E-state index in [1.54, 1.807) is 0 Å². The molecule has 156 valence electrons. The van der Waals surface area contributed by atoms with Crippen LogP contribution in [0.4, 0.5) is 13.2 Å². The second kappa shape index (κ2) is 7.92. The van der Waals surface area contributed by atoms with Crippen molar-refractivity contribution in [3.05, 3.63) is 28.7 Å². The summed E-state index contributed by atoms with van der Waals surface area (Å²) in [7, 11) is 2.18. The fourth-order valence-electron chi connectivity index (χ4n) is 3.77. The SMILES string of the molecule is [B]c1cc(C(F)(F)F)c2nc(C(=O)CC3CCCC(NS(C)(=O)=O)C3)c(Cl)n2c1. The zero-order chi connectivity index (χ0) is 21.6. The molecule has 2 aromatic rings. The van der Waals surface area contributed by atoms with Gasteiger partial charge in [0.1, 0.15) is 18.7 Å². The first kappa shape index (κ1) is 22.1. The van der Waals surface area contributed by atoms with E-state index in [1.807, 2.05) is 0 Å². The molecule has 1 aliphatic rings. The second-order valence-corrected chi connectivity index (χ2v) is 9.51. The van der Waals surface area contributed by atoms with Crippen molar-refractivity contribution in [1.29, 1.82) is 0 Å². The van der Waals surface area contributed by atoms with Crippen LogP contribution in [0.25, 0.3) is 5.65 Å². The van der Waals surface area contributed by atoms with Crippen molar-refractivity contribution in [3.63, 3.8) is 0 Å². The van der Waals surface area contributed by atoms with Gasteiger partial charge >= 0.3 is 6.18 Å². The Morgan fingerprint density at radius 3 is 2.72 bits per heavy atom. The number of pyridine rings is 1. The summed E-state index contributed by atoms with van der Waals surface area (Å²) < 4.78 is 66.2. The summed E-state index contributed by atoms with van der Waals surface area (Å²) in [5, 5.41) is -0.232. The maximum atomic E-state index is 13.3. The molecule has 2 heterocycles. The van der Waals surface area contributed by atoms with Gasteiger partial charge in [-0.3, -0.25) is 9.20 Å². The number of halogens is 4. The van der Waals surface area contributed by atoms with E-state index < -0.39 is 33.2 Å². The lowest BCUT2D eigenvalue weighted by Gasteiger charge is -2.28. The molecule has 0 amide bonds. The number of imidazole rings is 1. The molecule has 29 heavy (non-hydrogen) atoms. The number of hydrogen-bond donors (Lipinski definition) is 1. The van der Waals surface area contributed by atoms with Crippen LogP contribution >= 0.6 is 11.6 Å². The Morgan fingerprint density at radius 1 is 1.41 bits per heavy atom. The molecule has 0 aliphatic heterocycles. The lowest BCUT2D eigenvalue weighted by molar-refractivity contribution is -0.136. The van der Waals surface area contributed by atoms with Gasteiger partial charge in [0.05, 0.1) is 11.8 Å². The predicted molar refractivity (Wildman–Crippen MR) is 103 cm³/mol. The third-order valence-corrected chi connectivity index (χ3v) is 6.01. The molecule has 2 atom stereocenters. The Bertz CT molecular complexity index is 1060. The molecule has 2 radical (unpaired) electrons. The average molecular weight is 448 g/mol. The Labute approximate surface area is 172 Å². The Morgan fingerprint density at radius 2 is 2.10 bits per heavy atom. The third-order valence-electron chi connectivity index (χ3n) is 4.89. The van der Waals surface area contributed by atoms with Crippen LogP contribution in [0.3, 0.4) is 0 Å². The summed E-state index contributed by atoms with van der Waals surface area (Å²) in [5.41, 5.74) is -1.97. The number of fused-ring (bicyclic) bond motifs is 1. The number of carbonyl (C=O) groups excluding carboxylic acids is 1. The highest BCUT2D eigenvalue weighted by Gasteiger charge is 2.36. The van der Waals surface area contributed by atoms with E-state index in [0.717, 1.165) is 23.1 Å². The molecule has 3 rings (SSSR count). The monoisotopic (exact) mass is 447 g/mol. The van der Waals surface area contributed by atoms with Crippen LogP contribution in [0.5, 0.6) is 0 Å². The molecule has 0 saturated heterocycles. The summed E-state index contributed by atoms with van der Waals surface area (Å²) in [6.07, 6.45) is 0.136. The summed E-state index contributed by atoms with van der Waals surface area (Å²) in [6, 6.07) is 0.472. The number of aromatic nitrogens is 2. The van der Waals surface area contributed by atoms with Gasteiger partial charge in [0, 0.05) is 18.7 Å². The lowest BCUT2D eigenvalue weighted by Crippen LogP contribution is -2.38. The summed E-state index contributed by atoms with van der Waals surface area (Å²) >= 11 is 6.14. The molecular formula is C17H18BClF3N3O3S. The van der Waals surface area contributed by atoms with Crippen molar-refractivity contribution in [3.8, 4) is 0 Å². The molecule has 0 bridgehead atoms. The average Bonchev–Trinajstić information content (AvgIpc) is 2.89. The molecule has 1 aliphatic carbocycles. The predicted octanol–water partition coefficient (Wildman–Crippen LogP) is 2.48. The van der Waals surface area contributed by atoms with Crippen molar-refractivity contribution >= 4 is 46.4 Å². The van der Waals surface area contributed by atoms with Crippen LogP contribution in [-0.4, -0.2) is 43.7 Å². The molecule has 1 fully saturated rings. The van der Waals surface area contributed by atoms with E-state index in [-0.39, 0.29) is 34.7 Å². The molecule has 0 spiro atoms. The van der Waals surface area contributed by atoms with Gasteiger partial charge in [-0.05, 0) is 25.2 Å². The second-order valence-electron chi connectivity index (χ2n) is 7.38. The smallest absolute Gasteiger partial charge is 0.292 e. The van der Waals surface area contributed by atoms with Crippen LogP contribution < -0.4 is 10.2 Å².